The van der Waals surface area contributed by atoms with Crippen LogP contribution in [0.2, 0.25) is 0 Å². The smallest absolute Gasteiger partial charge is 0.346 e. The molecule has 0 aliphatic carbocycles. The molecule has 0 atom stereocenters. The van der Waals surface area contributed by atoms with E-state index in [4.69, 9.17) is 6.42 Å². The molecule has 1 aromatic carbocycles. The summed E-state index contributed by atoms with van der Waals surface area (Å²) in [4.78, 5) is 30.7. The van der Waals surface area contributed by atoms with Gasteiger partial charge in [0.2, 0.25) is 0 Å². The van der Waals surface area contributed by atoms with E-state index in [-0.39, 0.29) is 12.2 Å². The highest BCUT2D eigenvalue weighted by Crippen LogP contribution is 2.27. The Morgan fingerprint density at radius 2 is 1.89 bits per heavy atom. The molecule has 0 heterocycles. The van der Waals surface area contributed by atoms with E-state index in [9.17, 15) is 25.0 Å². The zero-order chi connectivity index (χ0) is 13.7. The summed E-state index contributed by atoms with van der Waals surface area (Å²) >= 11 is 0. The van der Waals surface area contributed by atoms with E-state index in [0.717, 1.165) is 18.2 Å². The molecule has 8 nitrogen and oxygen atoms in total. The van der Waals surface area contributed by atoms with Gasteiger partial charge in [0.1, 0.15) is 0 Å². The van der Waals surface area contributed by atoms with Crippen LogP contribution in [0.5, 0.6) is 0 Å². The number of rotatable bonds is 4. The lowest BCUT2D eigenvalue weighted by atomic mass is 10.2. The fourth-order valence-corrected chi connectivity index (χ4v) is 1.14. The van der Waals surface area contributed by atoms with Crippen LogP contribution in [-0.4, -0.2) is 22.4 Å². The van der Waals surface area contributed by atoms with Crippen LogP contribution in [-0.2, 0) is 4.74 Å². The average molecular weight is 250 g/mol. The van der Waals surface area contributed by atoms with Crippen molar-refractivity contribution in [1.29, 1.82) is 0 Å². The molecule has 18 heavy (non-hydrogen) atoms. The van der Waals surface area contributed by atoms with E-state index in [0.29, 0.717) is 0 Å². The van der Waals surface area contributed by atoms with Gasteiger partial charge in [-0.2, -0.15) is 0 Å². The summed E-state index contributed by atoms with van der Waals surface area (Å²) in [6.45, 7) is -0.288. The Labute approximate surface area is 100 Å². The molecule has 0 amide bonds. The van der Waals surface area contributed by atoms with Gasteiger partial charge < -0.3 is 4.74 Å². The standard InChI is InChI=1S/C10H6N2O6/c1-2-5-18-10(13)7-3-4-8(11(14)15)9(6-7)12(16)17/h1,3-4,6H,5H2. The van der Waals surface area contributed by atoms with Gasteiger partial charge in [-0.15, -0.1) is 6.42 Å². The lowest BCUT2D eigenvalue weighted by molar-refractivity contribution is -0.422. The quantitative estimate of drug-likeness (QED) is 0.344. The molecule has 0 saturated carbocycles. The predicted molar refractivity (Wildman–Crippen MR) is 58.9 cm³/mol. The van der Waals surface area contributed by atoms with Crippen LogP contribution >= 0.6 is 0 Å². The fraction of sp³-hybridized carbons (Fsp3) is 0.100. The summed E-state index contributed by atoms with van der Waals surface area (Å²) in [5.41, 5.74) is -1.66. The lowest BCUT2D eigenvalue weighted by Gasteiger charge is -2.01. The van der Waals surface area contributed by atoms with Crippen molar-refractivity contribution >= 4 is 17.3 Å². The maximum atomic E-state index is 11.3. The normalized spacial score (nSPS) is 9.28. The van der Waals surface area contributed by atoms with Crippen LogP contribution in [0.1, 0.15) is 10.4 Å². The van der Waals surface area contributed by atoms with Crippen LogP contribution in [0, 0.1) is 32.6 Å². The number of nitrogens with zero attached hydrogens (tertiary/aromatic N) is 2. The van der Waals surface area contributed by atoms with E-state index in [1.165, 1.54) is 0 Å². The Morgan fingerprint density at radius 1 is 1.28 bits per heavy atom. The Morgan fingerprint density at radius 3 is 2.39 bits per heavy atom. The number of hydrogen-bond acceptors (Lipinski definition) is 6. The Hall–Kier alpha value is -2.95. The lowest BCUT2D eigenvalue weighted by Crippen LogP contribution is -2.06. The van der Waals surface area contributed by atoms with Gasteiger partial charge in [-0.1, -0.05) is 5.92 Å². The van der Waals surface area contributed by atoms with Crippen molar-refractivity contribution < 1.29 is 19.4 Å². The van der Waals surface area contributed by atoms with Gasteiger partial charge in [-0.25, -0.2) is 4.79 Å². The van der Waals surface area contributed by atoms with E-state index < -0.39 is 27.2 Å². The van der Waals surface area contributed by atoms with E-state index >= 15 is 0 Å². The Bertz CT molecular complexity index is 560. The minimum Gasteiger partial charge on any atom is -0.449 e. The van der Waals surface area contributed by atoms with Crippen LogP contribution < -0.4 is 0 Å². The zero-order valence-electron chi connectivity index (χ0n) is 8.86. The summed E-state index contributed by atoms with van der Waals surface area (Å²) < 4.78 is 4.54. The number of esters is 1. The van der Waals surface area contributed by atoms with Gasteiger partial charge >= 0.3 is 17.3 Å². The van der Waals surface area contributed by atoms with Crippen molar-refractivity contribution in [2.45, 2.75) is 0 Å². The fourth-order valence-electron chi connectivity index (χ4n) is 1.14. The average Bonchev–Trinajstić information content (AvgIpc) is 2.34. The van der Waals surface area contributed by atoms with Crippen molar-refractivity contribution in [2.24, 2.45) is 0 Å². The van der Waals surface area contributed by atoms with Crippen molar-refractivity contribution in [3.63, 3.8) is 0 Å². The molecule has 0 N–H and O–H groups in total. The highest BCUT2D eigenvalue weighted by molar-refractivity contribution is 5.91. The van der Waals surface area contributed by atoms with Crippen molar-refractivity contribution in [2.75, 3.05) is 6.61 Å². The number of hydrogen-bond donors (Lipinski definition) is 0. The summed E-state index contributed by atoms with van der Waals surface area (Å²) in [7, 11) is 0. The third-order valence-electron chi connectivity index (χ3n) is 1.89. The van der Waals surface area contributed by atoms with Gasteiger partial charge in [0, 0.05) is 12.1 Å². The molecule has 92 valence electrons. The summed E-state index contributed by atoms with van der Waals surface area (Å²) in [6, 6.07) is 2.70. The van der Waals surface area contributed by atoms with E-state index in [1.807, 2.05) is 0 Å². The number of carbonyl (C=O) groups is 1. The molecule has 0 saturated heterocycles. The molecule has 0 fully saturated rings. The van der Waals surface area contributed by atoms with Gasteiger partial charge in [-0.3, -0.25) is 20.2 Å². The number of benzene rings is 1. The van der Waals surface area contributed by atoms with Gasteiger partial charge in [-0.05, 0) is 6.07 Å². The van der Waals surface area contributed by atoms with Gasteiger partial charge in [0.25, 0.3) is 0 Å². The molecule has 0 aromatic heterocycles. The summed E-state index contributed by atoms with van der Waals surface area (Å²) in [5, 5.41) is 21.2. The second kappa shape index (κ2) is 5.40. The molecule has 0 unspecified atom stereocenters. The van der Waals surface area contributed by atoms with E-state index in [1.54, 1.807) is 0 Å². The number of terminal acetylenes is 1. The first-order valence-electron chi connectivity index (χ1n) is 4.50. The summed E-state index contributed by atoms with van der Waals surface area (Å²) in [5.74, 6) is 1.17. The molecular formula is C10H6N2O6. The van der Waals surface area contributed by atoms with Crippen molar-refractivity contribution in [3.05, 3.63) is 44.0 Å². The number of nitro groups is 2. The Balaban J connectivity index is 3.16. The first-order valence-corrected chi connectivity index (χ1v) is 4.50. The molecule has 0 bridgehead atoms. The minimum absolute atomic E-state index is 0.178. The predicted octanol–water partition coefficient (Wildman–Crippen LogP) is 1.29. The van der Waals surface area contributed by atoms with Crippen molar-refractivity contribution in [1.82, 2.24) is 0 Å². The second-order valence-electron chi connectivity index (χ2n) is 3.00. The molecule has 1 aromatic rings. The maximum absolute atomic E-state index is 11.3. The monoisotopic (exact) mass is 250 g/mol. The molecular weight excluding hydrogens is 244 g/mol. The van der Waals surface area contributed by atoms with E-state index in [2.05, 4.69) is 10.7 Å². The molecule has 0 aliphatic heterocycles. The molecule has 8 heteroatoms. The van der Waals surface area contributed by atoms with Gasteiger partial charge in [0.15, 0.2) is 6.61 Å². The topological polar surface area (TPSA) is 113 Å². The first-order chi connectivity index (χ1) is 8.47. The third kappa shape index (κ3) is 2.79. The maximum Gasteiger partial charge on any atom is 0.346 e. The molecule has 0 spiro atoms. The van der Waals surface area contributed by atoms with Crippen molar-refractivity contribution in [3.8, 4) is 12.3 Å². The van der Waals surface area contributed by atoms with Crippen LogP contribution in [0.25, 0.3) is 0 Å². The minimum atomic E-state index is -0.948. The number of ether oxygens (including phenoxy) is 1. The Kier molecular flexibility index (Phi) is 3.93. The molecule has 0 aliphatic rings. The number of nitro benzene ring substituents is 2. The second-order valence-corrected chi connectivity index (χ2v) is 3.00. The molecule has 1 rings (SSSR count). The van der Waals surface area contributed by atoms with Gasteiger partial charge in [0.05, 0.1) is 15.4 Å². The SMILES string of the molecule is C#CCOC(=O)c1ccc([N+](=O)[O-])c([N+](=O)[O-])c1. The zero-order valence-corrected chi connectivity index (χ0v) is 8.86. The van der Waals surface area contributed by atoms with Crippen LogP contribution in [0.3, 0.4) is 0 Å². The third-order valence-corrected chi connectivity index (χ3v) is 1.89. The number of carbonyl (C=O) groups excluding carboxylic acids is 1. The largest absolute Gasteiger partial charge is 0.449 e. The summed E-state index contributed by atoms with van der Waals surface area (Å²) in [6.07, 6.45) is 4.87. The highest BCUT2D eigenvalue weighted by Gasteiger charge is 2.25. The highest BCUT2D eigenvalue weighted by atomic mass is 16.6. The first kappa shape index (κ1) is 13.1. The van der Waals surface area contributed by atoms with Crippen LogP contribution in [0.4, 0.5) is 11.4 Å². The molecule has 0 radical (unpaired) electrons. The van der Waals surface area contributed by atoms with Crippen LogP contribution in [0.15, 0.2) is 18.2 Å².